The van der Waals surface area contributed by atoms with E-state index in [2.05, 4.69) is 34.7 Å². The Morgan fingerprint density at radius 1 is 0.974 bits per heavy atom. The van der Waals surface area contributed by atoms with E-state index in [9.17, 15) is 14.7 Å². The van der Waals surface area contributed by atoms with E-state index >= 15 is 0 Å². The molecule has 1 fully saturated rings. The summed E-state index contributed by atoms with van der Waals surface area (Å²) in [5.41, 5.74) is 2.18. The molecule has 0 aliphatic carbocycles. The predicted octanol–water partition coefficient (Wildman–Crippen LogP) is 5.80. The lowest BCUT2D eigenvalue weighted by molar-refractivity contribution is -0.140. The van der Waals surface area contributed by atoms with Crippen LogP contribution in [0.5, 0.6) is 11.5 Å². The fourth-order valence-electron chi connectivity index (χ4n) is 4.72. The van der Waals surface area contributed by atoms with E-state index < -0.39 is 17.7 Å². The number of likely N-dealkylation sites (tertiary alicyclic amines) is 1. The summed E-state index contributed by atoms with van der Waals surface area (Å²) in [5.74, 6) is -0.531. The van der Waals surface area contributed by atoms with E-state index in [0.29, 0.717) is 42.3 Å². The highest BCUT2D eigenvalue weighted by molar-refractivity contribution is 9.10. The van der Waals surface area contributed by atoms with Crippen LogP contribution >= 0.6 is 15.9 Å². The number of aliphatic hydroxyl groups is 1. The summed E-state index contributed by atoms with van der Waals surface area (Å²) < 4.78 is 12.5. The van der Waals surface area contributed by atoms with Gasteiger partial charge in [-0.05, 0) is 48.5 Å². The molecule has 1 aliphatic rings. The zero-order valence-electron chi connectivity index (χ0n) is 22.4. The van der Waals surface area contributed by atoms with Crippen LogP contribution in [0.3, 0.4) is 0 Å². The molecular formula is C31H33BrN2O5. The lowest BCUT2D eigenvalue weighted by Gasteiger charge is -2.28. The molecule has 1 atom stereocenters. The highest BCUT2D eigenvalue weighted by atomic mass is 79.9. The summed E-state index contributed by atoms with van der Waals surface area (Å²) in [6.07, 6.45) is 0. The van der Waals surface area contributed by atoms with Crippen molar-refractivity contribution < 1.29 is 24.2 Å². The minimum atomic E-state index is -0.777. The summed E-state index contributed by atoms with van der Waals surface area (Å²) in [4.78, 5) is 30.4. The van der Waals surface area contributed by atoms with Crippen LogP contribution in [-0.2, 0) is 16.2 Å². The van der Waals surface area contributed by atoms with Gasteiger partial charge in [0.05, 0.1) is 18.7 Å². The molecule has 204 valence electrons. The van der Waals surface area contributed by atoms with E-state index in [1.54, 1.807) is 48.4 Å². The van der Waals surface area contributed by atoms with E-state index in [1.807, 2.05) is 36.4 Å². The van der Waals surface area contributed by atoms with Crippen LogP contribution in [0.4, 0.5) is 0 Å². The molecular weight excluding hydrogens is 560 g/mol. The van der Waals surface area contributed by atoms with Crippen molar-refractivity contribution in [3.63, 3.8) is 0 Å². The number of nitrogens with zero attached hydrogens (tertiary/aromatic N) is 2. The van der Waals surface area contributed by atoms with Crippen molar-refractivity contribution >= 4 is 33.4 Å². The second-order valence-corrected chi connectivity index (χ2v) is 10.1. The minimum Gasteiger partial charge on any atom is -0.507 e. The number of likely N-dealkylation sites (N-methyl/N-ethyl adjacent to an activating group) is 1. The number of benzene rings is 3. The molecule has 7 nitrogen and oxygen atoms in total. The standard InChI is InChI=1S/C31H33BrN2O5/c1-4-33(5-2)17-18-34-28(27(30(36)31(34)37)29(35)22-11-14-24(32)15-12-22)23-13-16-25(26(19-23)38-3)39-20-21-9-7-6-8-10-21/h6-16,19,28,35H,4-5,17-18,20H2,1-3H3. The number of carbonyl (C=O) groups excluding carboxylic acids is 2. The summed E-state index contributed by atoms with van der Waals surface area (Å²) in [5, 5.41) is 11.3. The van der Waals surface area contributed by atoms with E-state index in [-0.39, 0.29) is 11.3 Å². The van der Waals surface area contributed by atoms with Gasteiger partial charge in [0.25, 0.3) is 11.7 Å². The Balaban J connectivity index is 1.74. The van der Waals surface area contributed by atoms with Crippen LogP contribution < -0.4 is 9.47 Å². The van der Waals surface area contributed by atoms with Crippen LogP contribution in [0.25, 0.3) is 5.76 Å². The van der Waals surface area contributed by atoms with E-state index in [0.717, 1.165) is 23.1 Å². The number of ketones is 1. The molecule has 8 heteroatoms. The first-order valence-electron chi connectivity index (χ1n) is 13.0. The number of rotatable bonds is 11. The highest BCUT2D eigenvalue weighted by Crippen LogP contribution is 2.42. The normalized spacial score (nSPS) is 16.6. The maximum atomic E-state index is 13.4. The van der Waals surface area contributed by atoms with Crippen LogP contribution in [0, 0.1) is 0 Å². The maximum Gasteiger partial charge on any atom is 0.295 e. The molecule has 3 aromatic rings. The first-order valence-corrected chi connectivity index (χ1v) is 13.8. The van der Waals surface area contributed by atoms with Gasteiger partial charge in [0.2, 0.25) is 0 Å². The zero-order chi connectivity index (χ0) is 27.9. The van der Waals surface area contributed by atoms with Gasteiger partial charge in [0, 0.05) is 23.1 Å². The fourth-order valence-corrected chi connectivity index (χ4v) is 4.98. The minimum absolute atomic E-state index is 0.0573. The SMILES string of the molecule is CCN(CC)CCN1C(=O)C(=O)C(=C(O)c2ccc(Br)cc2)C1c1ccc(OCc2ccccc2)c(OC)c1. The molecule has 0 bridgehead atoms. The summed E-state index contributed by atoms with van der Waals surface area (Å²) in [6, 6.07) is 21.4. The van der Waals surface area contributed by atoms with Gasteiger partial charge in [0.15, 0.2) is 11.5 Å². The number of amides is 1. The molecule has 1 heterocycles. The summed E-state index contributed by atoms with van der Waals surface area (Å²) in [6.45, 7) is 7.06. The molecule has 0 spiro atoms. The lowest BCUT2D eigenvalue weighted by atomic mass is 9.95. The van der Waals surface area contributed by atoms with Gasteiger partial charge in [-0.1, -0.05) is 78.3 Å². The Labute approximate surface area is 237 Å². The molecule has 0 aromatic heterocycles. The number of hydrogen-bond acceptors (Lipinski definition) is 6. The van der Waals surface area contributed by atoms with Crippen LogP contribution in [-0.4, -0.2) is 59.9 Å². The molecule has 3 aromatic carbocycles. The fraction of sp³-hybridized carbons (Fsp3) is 0.290. The molecule has 0 radical (unpaired) electrons. The molecule has 4 rings (SSSR count). The van der Waals surface area contributed by atoms with Gasteiger partial charge in [0.1, 0.15) is 12.4 Å². The molecule has 39 heavy (non-hydrogen) atoms. The average Bonchev–Trinajstić information content (AvgIpc) is 3.22. The zero-order valence-corrected chi connectivity index (χ0v) is 24.0. The second kappa shape index (κ2) is 13.0. The molecule has 1 saturated heterocycles. The summed E-state index contributed by atoms with van der Waals surface area (Å²) in [7, 11) is 1.55. The summed E-state index contributed by atoms with van der Waals surface area (Å²) >= 11 is 3.40. The lowest BCUT2D eigenvalue weighted by Crippen LogP contribution is -2.38. The molecule has 1 N–H and O–H groups in total. The highest BCUT2D eigenvalue weighted by Gasteiger charge is 2.46. The smallest absolute Gasteiger partial charge is 0.295 e. The Bertz CT molecular complexity index is 1340. The van der Waals surface area contributed by atoms with Gasteiger partial charge in [-0.2, -0.15) is 0 Å². The third-order valence-corrected chi connectivity index (χ3v) is 7.48. The second-order valence-electron chi connectivity index (χ2n) is 9.21. The number of aliphatic hydroxyl groups excluding tert-OH is 1. The number of methoxy groups -OCH3 is 1. The van der Waals surface area contributed by atoms with Crippen molar-refractivity contribution in [1.82, 2.24) is 9.80 Å². The van der Waals surface area contributed by atoms with Crippen molar-refractivity contribution in [1.29, 1.82) is 0 Å². The molecule has 1 amide bonds. The quantitative estimate of drug-likeness (QED) is 0.172. The number of carbonyl (C=O) groups is 2. The third kappa shape index (κ3) is 6.34. The van der Waals surface area contributed by atoms with Crippen molar-refractivity contribution in [2.75, 3.05) is 33.3 Å². The van der Waals surface area contributed by atoms with Gasteiger partial charge in [-0.3, -0.25) is 9.59 Å². The Hall–Kier alpha value is -3.62. The first kappa shape index (κ1) is 28.4. The van der Waals surface area contributed by atoms with Crippen molar-refractivity contribution in [3.05, 3.63) is 99.5 Å². The topological polar surface area (TPSA) is 79.3 Å². The van der Waals surface area contributed by atoms with E-state index in [1.165, 1.54) is 0 Å². The van der Waals surface area contributed by atoms with Crippen molar-refractivity contribution in [2.24, 2.45) is 0 Å². The van der Waals surface area contributed by atoms with Gasteiger partial charge in [-0.15, -0.1) is 0 Å². The average molecular weight is 594 g/mol. The predicted molar refractivity (Wildman–Crippen MR) is 155 cm³/mol. The number of halogens is 1. The largest absolute Gasteiger partial charge is 0.507 e. The first-order chi connectivity index (χ1) is 18.9. The van der Waals surface area contributed by atoms with Gasteiger partial charge >= 0.3 is 0 Å². The Morgan fingerprint density at radius 3 is 2.31 bits per heavy atom. The van der Waals surface area contributed by atoms with Gasteiger partial charge < -0.3 is 24.4 Å². The van der Waals surface area contributed by atoms with Crippen LogP contribution in [0.15, 0.2) is 82.8 Å². The molecule has 1 aliphatic heterocycles. The number of hydrogen-bond donors (Lipinski definition) is 1. The van der Waals surface area contributed by atoms with Crippen LogP contribution in [0.1, 0.15) is 36.6 Å². The van der Waals surface area contributed by atoms with Gasteiger partial charge in [-0.25, -0.2) is 0 Å². The maximum absolute atomic E-state index is 13.4. The third-order valence-electron chi connectivity index (χ3n) is 6.95. The Morgan fingerprint density at radius 2 is 1.67 bits per heavy atom. The number of Topliss-reactive ketones (excluding diaryl/α,β-unsaturated/α-hetero) is 1. The monoisotopic (exact) mass is 592 g/mol. The Kier molecular flexibility index (Phi) is 9.43. The van der Waals surface area contributed by atoms with E-state index in [4.69, 9.17) is 9.47 Å². The number of ether oxygens (including phenoxy) is 2. The van der Waals surface area contributed by atoms with Crippen molar-refractivity contribution in [3.8, 4) is 11.5 Å². The molecule has 0 saturated carbocycles. The molecule has 1 unspecified atom stereocenters. The van der Waals surface area contributed by atoms with Crippen molar-refractivity contribution in [2.45, 2.75) is 26.5 Å². The van der Waals surface area contributed by atoms with Crippen LogP contribution in [0.2, 0.25) is 0 Å².